The lowest BCUT2D eigenvalue weighted by atomic mass is 10.0. The number of methoxy groups -OCH3 is 1. The van der Waals surface area contributed by atoms with E-state index in [0.29, 0.717) is 35.3 Å². The number of nitrogens with one attached hydrogen (secondary N) is 1. The molecule has 0 heterocycles. The highest BCUT2D eigenvalue weighted by molar-refractivity contribution is 6.30. The maximum atomic E-state index is 12.9. The van der Waals surface area contributed by atoms with Crippen molar-refractivity contribution in [2.45, 2.75) is 25.7 Å². The summed E-state index contributed by atoms with van der Waals surface area (Å²) in [4.78, 5) is 25.3. The highest BCUT2D eigenvalue weighted by Gasteiger charge is 2.22. The third kappa shape index (κ3) is 7.85. The quantitative estimate of drug-likeness (QED) is 0.241. The van der Waals surface area contributed by atoms with Crippen LogP contribution in [0.15, 0.2) is 103 Å². The van der Waals surface area contributed by atoms with Gasteiger partial charge in [-0.1, -0.05) is 66.2 Å². The Morgan fingerprint density at radius 3 is 1.97 bits per heavy atom. The van der Waals surface area contributed by atoms with E-state index < -0.39 is 12.0 Å². The molecule has 7 heteroatoms. The van der Waals surface area contributed by atoms with Gasteiger partial charge in [-0.25, -0.2) is 4.79 Å². The maximum absolute atomic E-state index is 12.9. The van der Waals surface area contributed by atoms with Crippen LogP contribution in [0.1, 0.15) is 27.0 Å². The molecule has 0 unspecified atom stereocenters. The van der Waals surface area contributed by atoms with Gasteiger partial charge in [-0.3, -0.25) is 4.79 Å². The van der Waals surface area contributed by atoms with Gasteiger partial charge in [0, 0.05) is 17.0 Å². The zero-order valence-electron chi connectivity index (χ0n) is 20.9. The van der Waals surface area contributed by atoms with E-state index in [4.69, 9.17) is 25.8 Å². The minimum absolute atomic E-state index is 0.276. The molecule has 4 aromatic rings. The van der Waals surface area contributed by atoms with Gasteiger partial charge in [0.15, 0.2) is 0 Å². The maximum Gasteiger partial charge on any atom is 0.328 e. The van der Waals surface area contributed by atoms with Crippen LogP contribution in [0.2, 0.25) is 5.02 Å². The van der Waals surface area contributed by atoms with Crippen LogP contribution >= 0.6 is 11.6 Å². The van der Waals surface area contributed by atoms with Crippen LogP contribution in [-0.2, 0) is 29.2 Å². The van der Waals surface area contributed by atoms with E-state index in [0.717, 1.165) is 16.7 Å². The monoisotopic (exact) mass is 529 g/mol. The molecule has 1 N–H and O–H groups in total. The van der Waals surface area contributed by atoms with Crippen LogP contribution in [0.3, 0.4) is 0 Å². The lowest BCUT2D eigenvalue weighted by Crippen LogP contribution is -2.43. The fraction of sp³-hybridized carbons (Fsp3) is 0.161. The number of ether oxygens (including phenoxy) is 3. The summed E-state index contributed by atoms with van der Waals surface area (Å²) in [5.74, 6) is 0.420. The molecule has 0 aromatic heterocycles. The molecule has 0 fully saturated rings. The van der Waals surface area contributed by atoms with E-state index in [2.05, 4.69) is 5.32 Å². The first kappa shape index (κ1) is 26.8. The van der Waals surface area contributed by atoms with E-state index in [1.165, 1.54) is 7.11 Å². The van der Waals surface area contributed by atoms with Gasteiger partial charge in [0.05, 0.1) is 7.11 Å². The predicted molar refractivity (Wildman–Crippen MR) is 146 cm³/mol. The smallest absolute Gasteiger partial charge is 0.328 e. The number of carbonyl (C=O) groups excluding carboxylic acids is 2. The second-order valence-corrected chi connectivity index (χ2v) is 9.05. The summed E-state index contributed by atoms with van der Waals surface area (Å²) in [6, 6.07) is 30.6. The molecule has 0 bridgehead atoms. The van der Waals surface area contributed by atoms with E-state index in [1.807, 2.05) is 72.8 Å². The van der Waals surface area contributed by atoms with Gasteiger partial charge in [0.1, 0.15) is 30.8 Å². The average molecular weight is 530 g/mol. The summed E-state index contributed by atoms with van der Waals surface area (Å²) in [5, 5.41) is 3.42. The van der Waals surface area contributed by atoms with E-state index in [-0.39, 0.29) is 12.3 Å². The highest BCUT2D eigenvalue weighted by atomic mass is 35.5. The Hall–Kier alpha value is -4.29. The van der Waals surface area contributed by atoms with Crippen molar-refractivity contribution in [3.63, 3.8) is 0 Å². The first-order valence-electron chi connectivity index (χ1n) is 12.1. The summed E-state index contributed by atoms with van der Waals surface area (Å²) >= 11 is 6.01. The second kappa shape index (κ2) is 13.3. The lowest BCUT2D eigenvalue weighted by molar-refractivity contribution is -0.142. The van der Waals surface area contributed by atoms with E-state index >= 15 is 0 Å². The van der Waals surface area contributed by atoms with Gasteiger partial charge >= 0.3 is 5.97 Å². The molecule has 0 saturated carbocycles. The van der Waals surface area contributed by atoms with Crippen molar-refractivity contribution in [3.8, 4) is 11.5 Å². The SMILES string of the molecule is COC(=O)[C@H](Cc1ccc(OCc2ccccc2)cc1)NC(=O)c1ccc(OCc2cccc(Cl)c2)cc1. The summed E-state index contributed by atoms with van der Waals surface area (Å²) < 4.78 is 16.5. The number of amides is 1. The van der Waals surface area contributed by atoms with Crippen LogP contribution in [-0.4, -0.2) is 25.0 Å². The third-order valence-electron chi connectivity index (χ3n) is 5.81. The summed E-state index contributed by atoms with van der Waals surface area (Å²) in [6.07, 6.45) is 0.276. The topological polar surface area (TPSA) is 73.9 Å². The molecule has 0 aliphatic heterocycles. The average Bonchev–Trinajstić information content (AvgIpc) is 2.95. The van der Waals surface area contributed by atoms with Crippen molar-refractivity contribution < 1.29 is 23.8 Å². The van der Waals surface area contributed by atoms with Crippen LogP contribution in [0, 0.1) is 0 Å². The number of hydrogen-bond donors (Lipinski definition) is 1. The Morgan fingerprint density at radius 1 is 0.737 bits per heavy atom. The minimum Gasteiger partial charge on any atom is -0.489 e. The summed E-state index contributed by atoms with van der Waals surface area (Å²) in [7, 11) is 1.30. The van der Waals surface area contributed by atoms with Gasteiger partial charge < -0.3 is 19.5 Å². The Bertz CT molecular complexity index is 1340. The van der Waals surface area contributed by atoms with Crippen molar-refractivity contribution in [2.24, 2.45) is 0 Å². The molecule has 1 atom stereocenters. The molecule has 6 nitrogen and oxygen atoms in total. The standard InChI is InChI=1S/C31H28ClNO5/c1-36-31(35)29(19-22-10-14-27(15-11-22)37-20-23-6-3-2-4-7-23)33-30(34)25-12-16-28(17-13-25)38-21-24-8-5-9-26(32)18-24/h2-18,29H,19-21H2,1H3,(H,33,34)/t29-/m0/s1. The Kier molecular flexibility index (Phi) is 9.37. The van der Waals surface area contributed by atoms with Crippen LogP contribution in [0.25, 0.3) is 0 Å². The minimum atomic E-state index is -0.845. The fourth-order valence-electron chi connectivity index (χ4n) is 3.77. The third-order valence-corrected chi connectivity index (χ3v) is 6.05. The van der Waals surface area contributed by atoms with E-state index in [1.54, 1.807) is 30.3 Å². The first-order chi connectivity index (χ1) is 18.5. The fourth-order valence-corrected chi connectivity index (χ4v) is 3.98. The Balaban J connectivity index is 1.32. The molecular weight excluding hydrogens is 502 g/mol. The molecule has 4 aromatic carbocycles. The molecule has 0 radical (unpaired) electrons. The van der Waals surface area contributed by atoms with Gasteiger partial charge in [-0.2, -0.15) is 0 Å². The first-order valence-corrected chi connectivity index (χ1v) is 12.5. The molecule has 0 saturated heterocycles. The predicted octanol–water partition coefficient (Wildman–Crippen LogP) is 6.01. The zero-order valence-corrected chi connectivity index (χ0v) is 21.7. The summed E-state index contributed by atoms with van der Waals surface area (Å²) in [5.41, 5.74) is 3.28. The van der Waals surface area contributed by atoms with Crippen molar-refractivity contribution in [1.29, 1.82) is 0 Å². The zero-order chi connectivity index (χ0) is 26.7. The number of halogens is 1. The van der Waals surface area contributed by atoms with Gasteiger partial charge in [-0.05, 0) is 65.2 Å². The van der Waals surface area contributed by atoms with Crippen molar-refractivity contribution in [2.75, 3.05) is 7.11 Å². The second-order valence-electron chi connectivity index (χ2n) is 8.61. The Labute approximate surface area is 227 Å². The number of esters is 1. The molecule has 0 aliphatic carbocycles. The van der Waals surface area contributed by atoms with Crippen LogP contribution in [0.4, 0.5) is 0 Å². The molecule has 0 spiro atoms. The largest absolute Gasteiger partial charge is 0.489 e. The summed E-state index contributed by atoms with van der Waals surface area (Å²) in [6.45, 7) is 0.818. The van der Waals surface area contributed by atoms with Crippen molar-refractivity contribution >= 4 is 23.5 Å². The van der Waals surface area contributed by atoms with Crippen molar-refractivity contribution in [1.82, 2.24) is 5.32 Å². The van der Waals surface area contributed by atoms with E-state index in [9.17, 15) is 9.59 Å². The molecule has 194 valence electrons. The van der Waals surface area contributed by atoms with Gasteiger partial charge in [0.2, 0.25) is 0 Å². The number of carbonyl (C=O) groups is 2. The normalized spacial score (nSPS) is 11.3. The number of rotatable bonds is 11. The molecule has 0 aliphatic rings. The Morgan fingerprint density at radius 2 is 1.34 bits per heavy atom. The molecular formula is C31H28ClNO5. The van der Waals surface area contributed by atoms with Crippen LogP contribution < -0.4 is 14.8 Å². The molecule has 38 heavy (non-hydrogen) atoms. The molecule has 1 amide bonds. The molecule has 4 rings (SSSR count). The van der Waals surface area contributed by atoms with Gasteiger partial charge in [-0.15, -0.1) is 0 Å². The van der Waals surface area contributed by atoms with Crippen molar-refractivity contribution in [3.05, 3.63) is 130 Å². The number of hydrogen-bond acceptors (Lipinski definition) is 5. The number of benzene rings is 4. The van der Waals surface area contributed by atoms with Crippen LogP contribution in [0.5, 0.6) is 11.5 Å². The van der Waals surface area contributed by atoms with Gasteiger partial charge in [0.25, 0.3) is 5.91 Å². The highest BCUT2D eigenvalue weighted by Crippen LogP contribution is 2.18. The lowest BCUT2D eigenvalue weighted by Gasteiger charge is -2.17.